The Morgan fingerprint density at radius 3 is 2.69 bits per heavy atom. The van der Waals surface area contributed by atoms with Gasteiger partial charge in [-0.15, -0.1) is 0 Å². The maximum absolute atomic E-state index is 13.4. The SMILES string of the molecule is CCCN(CC)c1cc(C(=O)NC[C@@H](O)[C@@H]2Cc3ccc(OCc4oc(C5CCC5)nc4C)cc3CN2)cc(NC2CN(C(C)=O)C2)n1. The molecule has 258 valence electrons. The van der Waals surface area contributed by atoms with Crippen molar-refractivity contribution in [2.75, 3.05) is 42.9 Å². The number of hydrogen-bond donors (Lipinski definition) is 4. The summed E-state index contributed by atoms with van der Waals surface area (Å²) in [7, 11) is 0. The van der Waals surface area contributed by atoms with Crippen molar-refractivity contribution in [3.05, 3.63) is 64.4 Å². The minimum Gasteiger partial charge on any atom is -0.486 e. The number of anilines is 2. The van der Waals surface area contributed by atoms with E-state index in [0.29, 0.717) is 50.0 Å². The van der Waals surface area contributed by atoms with Gasteiger partial charge < -0.3 is 40.0 Å². The molecule has 2 amide bonds. The van der Waals surface area contributed by atoms with Crippen molar-refractivity contribution in [2.45, 2.75) is 97.1 Å². The Labute approximate surface area is 282 Å². The largest absolute Gasteiger partial charge is 0.486 e. The average molecular weight is 660 g/mol. The number of pyridine rings is 1. The van der Waals surface area contributed by atoms with Gasteiger partial charge >= 0.3 is 0 Å². The molecule has 1 saturated carbocycles. The molecule has 12 nitrogen and oxygen atoms in total. The Morgan fingerprint density at radius 2 is 1.98 bits per heavy atom. The van der Waals surface area contributed by atoms with Gasteiger partial charge in [-0.3, -0.25) is 9.59 Å². The zero-order valence-electron chi connectivity index (χ0n) is 28.6. The number of amides is 2. The predicted octanol–water partition coefficient (Wildman–Crippen LogP) is 3.91. The van der Waals surface area contributed by atoms with Crippen LogP contribution in [0.5, 0.6) is 5.75 Å². The highest BCUT2D eigenvalue weighted by molar-refractivity contribution is 5.95. The summed E-state index contributed by atoms with van der Waals surface area (Å²) in [5.41, 5.74) is 3.63. The Balaban J connectivity index is 1.03. The molecule has 1 aromatic carbocycles. The molecule has 3 aromatic rings. The minimum atomic E-state index is -0.781. The zero-order chi connectivity index (χ0) is 33.8. The molecule has 2 aliphatic heterocycles. The summed E-state index contributed by atoms with van der Waals surface area (Å²) in [5.74, 6) is 3.93. The smallest absolute Gasteiger partial charge is 0.251 e. The summed E-state index contributed by atoms with van der Waals surface area (Å²) < 4.78 is 12.1. The van der Waals surface area contributed by atoms with Crippen LogP contribution in [0.2, 0.25) is 0 Å². The molecular formula is C36H49N7O5. The molecule has 2 fully saturated rings. The first kappa shape index (κ1) is 33.7. The van der Waals surface area contributed by atoms with Crippen molar-refractivity contribution < 1.29 is 23.8 Å². The highest BCUT2D eigenvalue weighted by Gasteiger charge is 2.30. The van der Waals surface area contributed by atoms with Gasteiger partial charge in [0.1, 0.15) is 24.0 Å². The number of rotatable bonds is 14. The van der Waals surface area contributed by atoms with Gasteiger partial charge in [0.2, 0.25) is 5.91 Å². The summed E-state index contributed by atoms with van der Waals surface area (Å²) in [6.07, 6.45) is 4.33. The van der Waals surface area contributed by atoms with E-state index >= 15 is 0 Å². The van der Waals surface area contributed by atoms with Crippen LogP contribution in [0.3, 0.4) is 0 Å². The Bertz CT molecular complexity index is 1600. The van der Waals surface area contributed by atoms with Crippen LogP contribution >= 0.6 is 0 Å². The van der Waals surface area contributed by atoms with Crippen LogP contribution < -0.4 is 25.6 Å². The maximum Gasteiger partial charge on any atom is 0.251 e. The topological polar surface area (TPSA) is 145 Å². The molecule has 6 rings (SSSR count). The number of aliphatic hydroxyl groups is 1. The number of aromatic nitrogens is 2. The van der Waals surface area contributed by atoms with Gasteiger partial charge in [0.05, 0.1) is 17.8 Å². The lowest BCUT2D eigenvalue weighted by atomic mass is 9.85. The first-order valence-corrected chi connectivity index (χ1v) is 17.4. The first-order valence-electron chi connectivity index (χ1n) is 17.4. The molecule has 2 atom stereocenters. The lowest BCUT2D eigenvalue weighted by molar-refractivity contribution is -0.132. The van der Waals surface area contributed by atoms with Gasteiger partial charge in [-0.1, -0.05) is 19.4 Å². The van der Waals surface area contributed by atoms with Gasteiger partial charge in [-0.2, -0.15) is 0 Å². The molecule has 0 bridgehead atoms. The second-order valence-corrected chi connectivity index (χ2v) is 13.3. The standard InChI is InChI=1S/C36H49N7O5/c1-5-12-42(6-2)34-16-26(15-33(41-34)40-28-19-43(20-28)23(4)44)35(46)38-18-31(45)30-14-25-10-11-29(13-27(25)17-37-30)47-21-32-22(3)39-36(48-32)24-8-7-9-24/h10-11,13,15-16,24,28,30-31,37,45H,5-9,12,14,17-21H2,1-4H3,(H,38,46)(H,40,41)/t30-,31+/m0/s1. The molecule has 1 saturated heterocycles. The summed E-state index contributed by atoms with van der Waals surface area (Å²) >= 11 is 0. The van der Waals surface area contributed by atoms with Crippen molar-refractivity contribution in [3.63, 3.8) is 0 Å². The Hall–Kier alpha value is -4.16. The number of carbonyl (C=O) groups is 2. The minimum absolute atomic E-state index is 0.0504. The van der Waals surface area contributed by atoms with E-state index in [1.165, 1.54) is 6.42 Å². The molecular weight excluding hydrogens is 610 g/mol. The highest BCUT2D eigenvalue weighted by atomic mass is 16.5. The van der Waals surface area contributed by atoms with Crippen molar-refractivity contribution in [1.29, 1.82) is 0 Å². The Morgan fingerprint density at radius 1 is 1.17 bits per heavy atom. The van der Waals surface area contributed by atoms with Crippen molar-refractivity contribution >= 4 is 23.5 Å². The van der Waals surface area contributed by atoms with Crippen LogP contribution in [-0.2, 0) is 24.4 Å². The van der Waals surface area contributed by atoms with Gasteiger partial charge in [0, 0.05) is 63.7 Å². The molecule has 0 radical (unpaired) electrons. The number of nitrogens with zero attached hydrogens (tertiary/aromatic N) is 4. The van der Waals surface area contributed by atoms with Gasteiger partial charge in [-0.25, -0.2) is 9.97 Å². The number of aliphatic hydroxyl groups excluding tert-OH is 1. The van der Waals surface area contributed by atoms with Crippen LogP contribution in [0.25, 0.3) is 0 Å². The van der Waals surface area contributed by atoms with E-state index in [9.17, 15) is 14.7 Å². The molecule has 1 aliphatic carbocycles. The third-order valence-electron chi connectivity index (χ3n) is 9.79. The fourth-order valence-corrected chi connectivity index (χ4v) is 6.51. The van der Waals surface area contributed by atoms with E-state index in [2.05, 4.69) is 45.7 Å². The fourth-order valence-electron chi connectivity index (χ4n) is 6.51. The summed E-state index contributed by atoms with van der Waals surface area (Å²) in [4.78, 5) is 38.3. The number of nitrogens with one attached hydrogen (secondary N) is 3. The molecule has 2 aromatic heterocycles. The van der Waals surface area contributed by atoms with Crippen molar-refractivity contribution in [3.8, 4) is 5.75 Å². The van der Waals surface area contributed by atoms with Crippen LogP contribution in [0.4, 0.5) is 11.6 Å². The van der Waals surface area contributed by atoms with Gasteiger partial charge in [-0.05, 0) is 74.9 Å². The number of hydrogen-bond acceptors (Lipinski definition) is 10. The van der Waals surface area contributed by atoms with Gasteiger partial charge in [0.25, 0.3) is 5.91 Å². The third kappa shape index (κ3) is 7.76. The van der Waals surface area contributed by atoms with Crippen molar-refractivity contribution in [2.24, 2.45) is 0 Å². The molecule has 12 heteroatoms. The number of aryl methyl sites for hydroxylation is 1. The van der Waals surface area contributed by atoms with Gasteiger partial charge in [0.15, 0.2) is 11.7 Å². The lowest BCUT2D eigenvalue weighted by Gasteiger charge is -2.39. The molecule has 48 heavy (non-hydrogen) atoms. The molecule has 0 unspecified atom stereocenters. The Kier molecular flexibility index (Phi) is 10.5. The van der Waals surface area contributed by atoms with E-state index < -0.39 is 6.10 Å². The first-order chi connectivity index (χ1) is 23.2. The third-order valence-corrected chi connectivity index (χ3v) is 9.79. The van der Waals surface area contributed by atoms with E-state index in [4.69, 9.17) is 14.1 Å². The van der Waals surface area contributed by atoms with E-state index in [1.807, 2.05) is 19.1 Å². The van der Waals surface area contributed by atoms with E-state index in [0.717, 1.165) is 72.4 Å². The normalized spacial score (nSPS) is 18.4. The van der Waals surface area contributed by atoms with Crippen LogP contribution in [0.15, 0.2) is 34.7 Å². The monoisotopic (exact) mass is 659 g/mol. The summed E-state index contributed by atoms with van der Waals surface area (Å²) in [6, 6.07) is 9.47. The average Bonchev–Trinajstić information content (AvgIpc) is 3.40. The number of benzene rings is 1. The summed E-state index contributed by atoms with van der Waals surface area (Å²) in [6.45, 7) is 11.5. The highest BCUT2D eigenvalue weighted by Crippen LogP contribution is 2.36. The number of oxazole rings is 1. The van der Waals surface area contributed by atoms with E-state index in [-0.39, 0.29) is 30.4 Å². The number of fused-ring (bicyclic) bond motifs is 1. The fraction of sp³-hybridized carbons (Fsp3) is 0.556. The lowest BCUT2D eigenvalue weighted by Crippen LogP contribution is -2.56. The van der Waals surface area contributed by atoms with Crippen LogP contribution in [0.1, 0.15) is 91.2 Å². The predicted molar refractivity (Wildman–Crippen MR) is 183 cm³/mol. The maximum atomic E-state index is 13.4. The molecule has 4 heterocycles. The second kappa shape index (κ2) is 14.9. The number of ether oxygens (including phenoxy) is 1. The van der Waals surface area contributed by atoms with Crippen LogP contribution in [0, 0.1) is 6.92 Å². The number of likely N-dealkylation sites (tertiary alicyclic amines) is 1. The molecule has 3 aliphatic rings. The number of carbonyl (C=O) groups excluding carboxylic acids is 2. The quantitative estimate of drug-likeness (QED) is 0.201. The van der Waals surface area contributed by atoms with E-state index in [1.54, 1.807) is 24.0 Å². The van der Waals surface area contributed by atoms with Crippen molar-refractivity contribution in [1.82, 2.24) is 25.5 Å². The van der Waals surface area contributed by atoms with Crippen LogP contribution in [-0.4, -0.2) is 82.7 Å². The summed E-state index contributed by atoms with van der Waals surface area (Å²) in [5, 5.41) is 20.9. The molecule has 4 N–H and O–H groups in total. The zero-order valence-corrected chi connectivity index (χ0v) is 28.6. The molecule has 0 spiro atoms. The second-order valence-electron chi connectivity index (χ2n) is 13.3.